The van der Waals surface area contributed by atoms with Gasteiger partial charge in [0.1, 0.15) is 0 Å². The fourth-order valence-corrected chi connectivity index (χ4v) is 2.97. The molecule has 0 bridgehead atoms. The van der Waals surface area contributed by atoms with Gasteiger partial charge in [0.15, 0.2) is 17.5 Å². The van der Waals surface area contributed by atoms with Crippen molar-refractivity contribution in [3.05, 3.63) is 54.1 Å². The number of hydrogen-bond acceptors (Lipinski definition) is 3. The molecule has 0 spiro atoms. The molecule has 0 atom stereocenters. The topological polar surface area (TPSA) is 57.1 Å². The maximum atomic E-state index is 9.94. The molecule has 2 N–H and O–H groups in total. The number of nitrogens with one attached hydrogen (secondary N) is 1. The Kier molecular flexibility index (Phi) is 8.03. The van der Waals surface area contributed by atoms with Crippen molar-refractivity contribution in [2.45, 2.75) is 25.8 Å². The normalized spacial score (nSPS) is 14.5. The Labute approximate surface area is 172 Å². The van der Waals surface area contributed by atoms with Gasteiger partial charge in [-0.15, -0.1) is 24.0 Å². The molecule has 1 heterocycles. The van der Waals surface area contributed by atoms with Gasteiger partial charge in [-0.25, -0.2) is 4.99 Å². The molecule has 1 aliphatic rings. The Morgan fingerprint density at radius 1 is 1.12 bits per heavy atom. The Bertz CT molecular complexity index is 716. The fourth-order valence-electron chi connectivity index (χ4n) is 2.97. The first-order valence-electron chi connectivity index (χ1n) is 8.73. The second kappa shape index (κ2) is 10.3. The molecule has 0 unspecified atom stereocenters. The minimum Gasteiger partial charge on any atom is -0.504 e. The average molecular weight is 467 g/mol. The molecule has 0 radical (unpaired) electrons. The maximum Gasteiger partial charge on any atom is 0.198 e. The van der Waals surface area contributed by atoms with E-state index < -0.39 is 0 Å². The molecule has 0 aliphatic carbocycles. The molecule has 2 aromatic rings. The van der Waals surface area contributed by atoms with Gasteiger partial charge in [-0.05, 0) is 49.1 Å². The first kappa shape index (κ1) is 20.4. The molecular weight excluding hydrogens is 441 g/mol. The molecule has 1 fully saturated rings. The number of methoxy groups -OCH3 is 1. The highest BCUT2D eigenvalue weighted by Gasteiger charge is 2.15. The SMILES string of the molecule is COc1ccc(CN=C(Nc2ccccc2)N2CCCCC2)cc1O.I. The van der Waals surface area contributed by atoms with Crippen molar-refractivity contribution in [3.8, 4) is 11.5 Å². The van der Waals surface area contributed by atoms with Gasteiger partial charge in [-0.2, -0.15) is 0 Å². The van der Waals surface area contributed by atoms with E-state index in [0.717, 1.165) is 30.3 Å². The van der Waals surface area contributed by atoms with Gasteiger partial charge in [0.2, 0.25) is 0 Å². The van der Waals surface area contributed by atoms with E-state index in [1.165, 1.54) is 19.3 Å². The lowest BCUT2D eigenvalue weighted by molar-refractivity contribution is 0.340. The monoisotopic (exact) mass is 467 g/mol. The number of benzene rings is 2. The van der Waals surface area contributed by atoms with Gasteiger partial charge in [-0.3, -0.25) is 0 Å². The van der Waals surface area contributed by atoms with Crippen LogP contribution in [0.3, 0.4) is 0 Å². The summed E-state index contributed by atoms with van der Waals surface area (Å²) in [5.74, 6) is 1.51. The third kappa shape index (κ3) is 5.52. The molecule has 26 heavy (non-hydrogen) atoms. The number of rotatable bonds is 4. The van der Waals surface area contributed by atoms with E-state index in [9.17, 15) is 5.11 Å². The number of phenolic OH excluding ortho intramolecular Hbond substituents is 1. The number of guanidine groups is 1. The van der Waals surface area contributed by atoms with Crippen LogP contribution in [-0.4, -0.2) is 36.2 Å². The zero-order chi connectivity index (χ0) is 17.5. The third-order valence-electron chi connectivity index (χ3n) is 4.34. The largest absolute Gasteiger partial charge is 0.504 e. The van der Waals surface area contributed by atoms with Crippen molar-refractivity contribution in [2.75, 3.05) is 25.5 Å². The van der Waals surface area contributed by atoms with Crippen molar-refractivity contribution >= 4 is 35.6 Å². The zero-order valence-corrected chi connectivity index (χ0v) is 17.3. The molecule has 140 valence electrons. The highest BCUT2D eigenvalue weighted by atomic mass is 127. The van der Waals surface area contributed by atoms with Gasteiger partial charge in [-0.1, -0.05) is 24.3 Å². The molecule has 1 saturated heterocycles. The average Bonchev–Trinajstić information content (AvgIpc) is 2.67. The van der Waals surface area contributed by atoms with Crippen molar-refractivity contribution in [2.24, 2.45) is 4.99 Å². The summed E-state index contributed by atoms with van der Waals surface area (Å²) in [5.41, 5.74) is 1.98. The quantitative estimate of drug-likeness (QED) is 0.396. The standard InChI is InChI=1S/C20H25N3O2.HI/c1-25-19-11-10-16(14-18(19)24)15-21-20(23-12-6-3-7-13-23)22-17-8-4-2-5-9-17;/h2,4-5,8-11,14,24H,3,6-7,12-13,15H2,1H3,(H,21,22);1H. The predicted octanol–water partition coefficient (Wildman–Crippen LogP) is 4.47. The van der Waals surface area contributed by atoms with Crippen LogP contribution >= 0.6 is 24.0 Å². The van der Waals surface area contributed by atoms with Crippen LogP contribution < -0.4 is 10.1 Å². The molecule has 1 aliphatic heterocycles. The number of piperidine rings is 1. The van der Waals surface area contributed by atoms with Crippen LogP contribution in [0.1, 0.15) is 24.8 Å². The zero-order valence-electron chi connectivity index (χ0n) is 15.0. The number of hydrogen-bond donors (Lipinski definition) is 2. The molecule has 6 heteroatoms. The molecule has 2 aromatic carbocycles. The van der Waals surface area contributed by atoms with Crippen LogP contribution in [-0.2, 0) is 6.54 Å². The van der Waals surface area contributed by atoms with E-state index in [-0.39, 0.29) is 29.7 Å². The van der Waals surface area contributed by atoms with E-state index in [1.54, 1.807) is 19.2 Å². The van der Waals surface area contributed by atoms with E-state index in [4.69, 9.17) is 9.73 Å². The van der Waals surface area contributed by atoms with Gasteiger partial charge in [0.25, 0.3) is 0 Å². The summed E-state index contributed by atoms with van der Waals surface area (Å²) >= 11 is 0. The number of halogens is 1. The summed E-state index contributed by atoms with van der Waals surface area (Å²) in [6.07, 6.45) is 3.67. The molecule has 5 nitrogen and oxygen atoms in total. The van der Waals surface area contributed by atoms with Gasteiger partial charge >= 0.3 is 0 Å². The fraction of sp³-hybridized carbons (Fsp3) is 0.350. The number of aliphatic imine (C=N–C) groups is 1. The molecule has 0 amide bonds. The maximum absolute atomic E-state index is 9.94. The minimum absolute atomic E-state index is 0. The van der Waals surface area contributed by atoms with Crippen LogP contribution in [0.4, 0.5) is 5.69 Å². The molecular formula is C20H26IN3O2. The van der Waals surface area contributed by atoms with E-state index in [1.807, 2.05) is 36.4 Å². The molecule has 0 aromatic heterocycles. The van der Waals surface area contributed by atoms with E-state index in [0.29, 0.717) is 12.3 Å². The van der Waals surface area contributed by atoms with Crippen molar-refractivity contribution in [1.29, 1.82) is 0 Å². The number of phenols is 1. The number of nitrogens with zero attached hydrogens (tertiary/aromatic N) is 2. The third-order valence-corrected chi connectivity index (χ3v) is 4.34. The Balaban J connectivity index is 0.00000243. The lowest BCUT2D eigenvalue weighted by Crippen LogP contribution is -2.40. The summed E-state index contributed by atoms with van der Waals surface area (Å²) in [4.78, 5) is 7.09. The second-order valence-corrected chi connectivity index (χ2v) is 6.18. The van der Waals surface area contributed by atoms with Crippen molar-refractivity contribution in [3.63, 3.8) is 0 Å². The summed E-state index contributed by atoms with van der Waals surface area (Å²) in [6, 6.07) is 15.5. The first-order valence-corrected chi connectivity index (χ1v) is 8.73. The Morgan fingerprint density at radius 3 is 2.50 bits per heavy atom. The highest BCUT2D eigenvalue weighted by Crippen LogP contribution is 2.26. The number of likely N-dealkylation sites (tertiary alicyclic amines) is 1. The predicted molar refractivity (Wildman–Crippen MR) is 117 cm³/mol. The van der Waals surface area contributed by atoms with Crippen LogP contribution in [0.2, 0.25) is 0 Å². The number of ether oxygens (including phenoxy) is 1. The minimum atomic E-state index is 0. The summed E-state index contributed by atoms with van der Waals surface area (Å²) in [7, 11) is 1.55. The second-order valence-electron chi connectivity index (χ2n) is 6.18. The van der Waals surface area contributed by atoms with Crippen LogP contribution in [0.25, 0.3) is 0 Å². The number of aromatic hydroxyl groups is 1. The van der Waals surface area contributed by atoms with E-state index >= 15 is 0 Å². The Morgan fingerprint density at radius 2 is 1.85 bits per heavy atom. The lowest BCUT2D eigenvalue weighted by Gasteiger charge is -2.30. The number of para-hydroxylation sites is 1. The van der Waals surface area contributed by atoms with E-state index in [2.05, 4.69) is 10.2 Å². The summed E-state index contributed by atoms with van der Waals surface area (Å²) in [6.45, 7) is 2.54. The molecule has 0 saturated carbocycles. The van der Waals surface area contributed by atoms with Gasteiger partial charge in [0, 0.05) is 18.8 Å². The summed E-state index contributed by atoms with van der Waals surface area (Å²) < 4.78 is 5.09. The van der Waals surface area contributed by atoms with Gasteiger partial charge < -0.3 is 20.1 Å². The van der Waals surface area contributed by atoms with Crippen molar-refractivity contribution in [1.82, 2.24) is 4.90 Å². The van der Waals surface area contributed by atoms with Crippen LogP contribution in [0.15, 0.2) is 53.5 Å². The van der Waals surface area contributed by atoms with Crippen molar-refractivity contribution < 1.29 is 9.84 Å². The van der Waals surface area contributed by atoms with Gasteiger partial charge in [0.05, 0.1) is 13.7 Å². The molecule has 3 rings (SSSR count). The smallest absolute Gasteiger partial charge is 0.198 e. The highest BCUT2D eigenvalue weighted by molar-refractivity contribution is 14.0. The lowest BCUT2D eigenvalue weighted by atomic mass is 10.1. The summed E-state index contributed by atoms with van der Waals surface area (Å²) in [5, 5.41) is 13.4. The first-order chi connectivity index (χ1) is 12.3. The number of anilines is 1. The Hall–Kier alpha value is -1.96. The van der Waals surface area contributed by atoms with Crippen LogP contribution in [0, 0.1) is 0 Å². The van der Waals surface area contributed by atoms with Crippen LogP contribution in [0.5, 0.6) is 11.5 Å².